The van der Waals surface area contributed by atoms with Crippen molar-refractivity contribution in [2.45, 2.75) is 13.0 Å². The summed E-state index contributed by atoms with van der Waals surface area (Å²) in [5, 5.41) is 15.7. The molecular formula is C22H17N5O3. The predicted octanol–water partition coefficient (Wildman–Crippen LogP) is 1.96. The first-order chi connectivity index (χ1) is 14.5. The number of carbonyl (C=O) groups excluding carboxylic acids is 2. The Balaban J connectivity index is 1.52. The molecule has 0 atom stereocenters. The van der Waals surface area contributed by atoms with Gasteiger partial charge in [0.2, 0.25) is 5.91 Å². The lowest BCUT2D eigenvalue weighted by atomic mass is 10.2. The van der Waals surface area contributed by atoms with Crippen LogP contribution >= 0.6 is 0 Å². The number of fused-ring (bicyclic) bond motifs is 1. The topological polar surface area (TPSA) is 108 Å². The minimum Gasteiger partial charge on any atom is -0.324 e. The second-order valence-corrected chi connectivity index (χ2v) is 6.79. The maximum Gasteiger partial charge on any atom is 0.278 e. The van der Waals surface area contributed by atoms with Crippen LogP contribution in [0.25, 0.3) is 0 Å². The van der Waals surface area contributed by atoms with Crippen molar-refractivity contribution in [3.05, 3.63) is 87.8 Å². The molecule has 3 aromatic rings. The third kappa shape index (κ3) is 3.82. The number of para-hydroxylation sites is 1. The zero-order valence-corrected chi connectivity index (χ0v) is 15.9. The van der Waals surface area contributed by atoms with E-state index < -0.39 is 11.5 Å². The van der Waals surface area contributed by atoms with E-state index in [1.54, 1.807) is 23.1 Å². The number of nitrogens with zero attached hydrogens (tertiary/aromatic N) is 4. The van der Waals surface area contributed by atoms with E-state index in [1.807, 2.05) is 30.3 Å². The normalized spacial score (nSPS) is 12.2. The Hall–Kier alpha value is -4.25. The van der Waals surface area contributed by atoms with Gasteiger partial charge in [-0.2, -0.15) is 10.4 Å². The number of rotatable bonds is 4. The van der Waals surface area contributed by atoms with E-state index >= 15 is 0 Å². The average molecular weight is 399 g/mol. The maximum atomic E-state index is 12.9. The summed E-state index contributed by atoms with van der Waals surface area (Å²) in [7, 11) is 0. The molecule has 148 valence electrons. The summed E-state index contributed by atoms with van der Waals surface area (Å²) >= 11 is 0. The van der Waals surface area contributed by atoms with Crippen molar-refractivity contribution in [1.82, 2.24) is 9.78 Å². The van der Waals surface area contributed by atoms with E-state index in [4.69, 9.17) is 5.26 Å². The maximum absolute atomic E-state index is 12.9. The van der Waals surface area contributed by atoms with E-state index in [-0.39, 0.29) is 18.1 Å². The van der Waals surface area contributed by atoms with Gasteiger partial charge in [-0.05, 0) is 42.3 Å². The van der Waals surface area contributed by atoms with Gasteiger partial charge in [0.15, 0.2) is 0 Å². The van der Waals surface area contributed by atoms with Gasteiger partial charge in [-0.3, -0.25) is 14.4 Å². The zero-order chi connectivity index (χ0) is 21.1. The van der Waals surface area contributed by atoms with Gasteiger partial charge in [-0.1, -0.05) is 24.3 Å². The minimum atomic E-state index is -0.491. The summed E-state index contributed by atoms with van der Waals surface area (Å²) in [6, 6.07) is 18.7. The third-order valence-electron chi connectivity index (χ3n) is 4.79. The highest BCUT2D eigenvalue weighted by Gasteiger charge is 2.26. The van der Waals surface area contributed by atoms with E-state index in [1.165, 1.54) is 18.2 Å². The number of amides is 2. The monoisotopic (exact) mass is 399 g/mol. The van der Waals surface area contributed by atoms with Crippen LogP contribution in [-0.2, 0) is 17.8 Å². The molecule has 0 saturated carbocycles. The lowest BCUT2D eigenvalue weighted by Gasteiger charge is -2.17. The van der Waals surface area contributed by atoms with E-state index in [0.29, 0.717) is 17.8 Å². The molecule has 8 heteroatoms. The zero-order valence-electron chi connectivity index (χ0n) is 15.9. The fourth-order valence-electron chi connectivity index (χ4n) is 3.37. The van der Waals surface area contributed by atoms with Gasteiger partial charge in [0.25, 0.3) is 11.5 Å². The van der Waals surface area contributed by atoms with Crippen molar-refractivity contribution >= 4 is 23.2 Å². The molecule has 2 heterocycles. The minimum absolute atomic E-state index is 0.0885. The summed E-state index contributed by atoms with van der Waals surface area (Å²) in [6.07, 6.45) is 0.756. The second-order valence-electron chi connectivity index (χ2n) is 6.79. The highest BCUT2D eigenvalue weighted by Crippen LogP contribution is 2.28. The fourth-order valence-corrected chi connectivity index (χ4v) is 3.37. The van der Waals surface area contributed by atoms with Crippen LogP contribution in [0.5, 0.6) is 0 Å². The van der Waals surface area contributed by atoms with Gasteiger partial charge in [-0.25, -0.2) is 4.68 Å². The van der Waals surface area contributed by atoms with E-state index in [0.717, 1.165) is 22.4 Å². The van der Waals surface area contributed by atoms with Gasteiger partial charge in [0.05, 0.1) is 11.6 Å². The smallest absolute Gasteiger partial charge is 0.278 e. The fraction of sp³-hybridized carbons (Fsp3) is 0.136. The van der Waals surface area contributed by atoms with Gasteiger partial charge in [0, 0.05) is 24.0 Å². The van der Waals surface area contributed by atoms with Crippen molar-refractivity contribution in [1.29, 1.82) is 5.26 Å². The summed E-state index contributed by atoms with van der Waals surface area (Å²) in [5.41, 5.74) is 2.35. The molecule has 2 amide bonds. The number of nitriles is 1. The van der Waals surface area contributed by atoms with Gasteiger partial charge >= 0.3 is 0 Å². The summed E-state index contributed by atoms with van der Waals surface area (Å²) in [4.78, 5) is 39.1. The Kier molecular flexibility index (Phi) is 5.09. The summed E-state index contributed by atoms with van der Waals surface area (Å²) in [5.74, 6) is -0.813. The number of hydrogen-bond acceptors (Lipinski definition) is 5. The van der Waals surface area contributed by atoms with E-state index in [2.05, 4.69) is 10.4 Å². The second kappa shape index (κ2) is 8.01. The number of hydrogen-bond donors (Lipinski definition) is 1. The number of aromatic nitrogens is 2. The number of carbonyl (C=O) groups is 2. The number of anilines is 2. The van der Waals surface area contributed by atoms with Gasteiger partial charge in [0.1, 0.15) is 12.2 Å². The first-order valence-corrected chi connectivity index (χ1v) is 9.33. The van der Waals surface area contributed by atoms with Crippen molar-refractivity contribution < 1.29 is 9.59 Å². The Morgan fingerprint density at radius 3 is 2.77 bits per heavy atom. The van der Waals surface area contributed by atoms with Crippen molar-refractivity contribution in [2.24, 2.45) is 0 Å². The molecule has 0 bridgehead atoms. The van der Waals surface area contributed by atoms with Crippen LogP contribution in [0.15, 0.2) is 65.5 Å². The van der Waals surface area contributed by atoms with Crippen LogP contribution < -0.4 is 15.8 Å². The van der Waals surface area contributed by atoms with Gasteiger partial charge < -0.3 is 10.2 Å². The van der Waals surface area contributed by atoms with Crippen LogP contribution in [0, 0.1) is 11.3 Å². The van der Waals surface area contributed by atoms with Crippen LogP contribution in [0.4, 0.5) is 11.4 Å². The largest absolute Gasteiger partial charge is 0.324 e. The van der Waals surface area contributed by atoms with Crippen molar-refractivity contribution in [2.75, 3.05) is 16.8 Å². The Morgan fingerprint density at radius 2 is 1.93 bits per heavy atom. The average Bonchev–Trinajstić information content (AvgIpc) is 3.19. The lowest BCUT2D eigenvalue weighted by Crippen LogP contribution is -2.34. The number of nitrogens with one attached hydrogen (secondary N) is 1. The Morgan fingerprint density at radius 1 is 1.10 bits per heavy atom. The summed E-state index contributed by atoms with van der Waals surface area (Å²) < 4.78 is 0.957. The third-order valence-corrected chi connectivity index (χ3v) is 4.79. The molecule has 0 fully saturated rings. The highest BCUT2D eigenvalue weighted by atomic mass is 16.2. The summed E-state index contributed by atoms with van der Waals surface area (Å²) in [6.45, 7) is 0.183. The highest BCUT2D eigenvalue weighted by molar-refractivity contribution is 6.06. The quantitative estimate of drug-likeness (QED) is 0.721. The Labute approximate surface area is 172 Å². The van der Waals surface area contributed by atoms with E-state index in [9.17, 15) is 14.4 Å². The molecule has 0 spiro atoms. The molecule has 0 unspecified atom stereocenters. The number of benzene rings is 2. The van der Waals surface area contributed by atoms with Crippen molar-refractivity contribution in [3.8, 4) is 6.07 Å². The molecule has 8 nitrogen and oxygen atoms in total. The van der Waals surface area contributed by atoms with Crippen LogP contribution in [0.1, 0.15) is 21.6 Å². The molecule has 0 aliphatic carbocycles. The lowest BCUT2D eigenvalue weighted by molar-refractivity contribution is -0.117. The van der Waals surface area contributed by atoms with Crippen LogP contribution in [0.3, 0.4) is 0 Å². The molecule has 4 rings (SSSR count). The van der Waals surface area contributed by atoms with Crippen LogP contribution in [0.2, 0.25) is 0 Å². The first kappa shape index (κ1) is 19.1. The molecule has 1 aliphatic heterocycles. The first-order valence-electron chi connectivity index (χ1n) is 9.33. The van der Waals surface area contributed by atoms with Crippen molar-refractivity contribution in [3.63, 3.8) is 0 Å². The molecular weight excluding hydrogens is 382 g/mol. The SMILES string of the molecule is N#Cc1cccc(NC(=O)Cn2nc(C(=O)N3CCc4ccccc43)ccc2=O)c1. The molecule has 0 radical (unpaired) electrons. The standard InChI is InChI=1S/C22H17N5O3/c23-13-15-4-3-6-17(12-15)24-20(28)14-27-21(29)9-8-18(25-27)22(30)26-11-10-16-5-1-2-7-19(16)26/h1-9,12H,10-11,14H2,(H,24,28). The molecule has 1 aliphatic rings. The van der Waals surface area contributed by atoms with Gasteiger partial charge in [-0.15, -0.1) is 0 Å². The molecule has 1 N–H and O–H groups in total. The predicted molar refractivity (Wildman–Crippen MR) is 110 cm³/mol. The Bertz CT molecular complexity index is 1240. The molecule has 2 aromatic carbocycles. The molecule has 30 heavy (non-hydrogen) atoms. The molecule has 1 aromatic heterocycles. The van der Waals surface area contributed by atoms with Crippen LogP contribution in [-0.4, -0.2) is 28.1 Å². The molecule has 0 saturated heterocycles.